The van der Waals surface area contributed by atoms with Crippen molar-refractivity contribution in [1.29, 1.82) is 0 Å². The minimum Gasteiger partial charge on any atom is -0.414 e. The van der Waals surface area contributed by atoms with E-state index in [1.807, 2.05) is 53.1 Å². The van der Waals surface area contributed by atoms with Crippen molar-refractivity contribution in [2.24, 2.45) is 0 Å². The largest absolute Gasteiger partial charge is 2.00 e. The third-order valence-electron chi connectivity index (χ3n) is 5.67. The van der Waals surface area contributed by atoms with E-state index in [9.17, 15) is 0 Å². The zero-order valence-corrected chi connectivity index (χ0v) is 21.6. The Balaban J connectivity index is 0.00000241. The predicted molar refractivity (Wildman–Crippen MR) is 128 cm³/mol. The number of aromatic nitrogens is 8. The van der Waals surface area contributed by atoms with Gasteiger partial charge in [0.15, 0.2) is 8.07 Å². The van der Waals surface area contributed by atoms with Crippen LogP contribution < -0.4 is 10.8 Å². The molecule has 0 radical (unpaired) electrons. The molecule has 0 aliphatic heterocycles. The third kappa shape index (κ3) is 3.67. The van der Waals surface area contributed by atoms with E-state index in [2.05, 4.69) is 45.4 Å². The van der Waals surface area contributed by atoms with Gasteiger partial charge in [-0.3, -0.25) is 24.9 Å². The summed E-state index contributed by atoms with van der Waals surface area (Å²) in [5, 5.41) is 2.93. The van der Waals surface area contributed by atoms with Crippen LogP contribution in [0, 0.1) is 12.4 Å². The Morgan fingerprint density at radius 3 is 2.09 bits per heavy atom. The molecule has 0 aliphatic rings. The number of rotatable bonds is 4. The van der Waals surface area contributed by atoms with Crippen LogP contribution in [0.3, 0.4) is 0 Å². The second-order valence-electron chi connectivity index (χ2n) is 8.16. The molecule has 34 heavy (non-hydrogen) atoms. The van der Waals surface area contributed by atoms with E-state index in [0.29, 0.717) is 5.95 Å². The Labute approximate surface area is 211 Å². The van der Waals surface area contributed by atoms with Gasteiger partial charge >= 0.3 is 21.1 Å². The summed E-state index contributed by atoms with van der Waals surface area (Å²) in [7, 11) is -2.35. The molecule has 0 bridgehead atoms. The number of hydrogen-bond acceptors (Lipinski definition) is 6. The Morgan fingerprint density at radius 1 is 0.706 bits per heavy atom. The first-order valence-electron chi connectivity index (χ1n) is 10.5. The van der Waals surface area contributed by atoms with Crippen molar-refractivity contribution >= 4 is 40.9 Å². The molecule has 0 atom stereocenters. The van der Waals surface area contributed by atoms with Gasteiger partial charge in [0, 0.05) is 41.4 Å². The SMILES string of the molecule is C[Si](C)(c1ccnc(-n2[c-]cc3cccnc32)n1)c1nccc(-n2[c-]cc3cccnc32)n1.[Pt+2]. The molecule has 6 rings (SSSR count). The summed E-state index contributed by atoms with van der Waals surface area (Å²) >= 11 is 0. The van der Waals surface area contributed by atoms with Crippen LogP contribution >= 0.6 is 0 Å². The average Bonchev–Trinajstić information content (AvgIpc) is 3.49. The van der Waals surface area contributed by atoms with Gasteiger partial charge in [0.1, 0.15) is 11.4 Å². The first-order valence-corrected chi connectivity index (χ1v) is 13.5. The van der Waals surface area contributed by atoms with Gasteiger partial charge in [-0.2, -0.15) is 0 Å². The van der Waals surface area contributed by atoms with Crippen molar-refractivity contribution in [2.45, 2.75) is 13.1 Å². The van der Waals surface area contributed by atoms with E-state index >= 15 is 0 Å². The molecular formula is C24H18N8PtSi. The van der Waals surface area contributed by atoms with Gasteiger partial charge in [0.05, 0.1) is 5.82 Å². The Hall–Kier alpha value is -3.55. The first kappa shape index (κ1) is 22.2. The maximum atomic E-state index is 4.91. The first-order chi connectivity index (χ1) is 16.1. The molecule has 0 N–H and O–H groups in total. The second-order valence-corrected chi connectivity index (χ2v) is 12.4. The van der Waals surface area contributed by atoms with E-state index < -0.39 is 8.07 Å². The average molecular weight is 642 g/mol. The van der Waals surface area contributed by atoms with Crippen molar-refractivity contribution in [3.05, 3.63) is 85.7 Å². The van der Waals surface area contributed by atoms with Crippen LogP contribution in [0.2, 0.25) is 13.1 Å². The maximum Gasteiger partial charge on any atom is 2.00 e. The van der Waals surface area contributed by atoms with Crippen molar-refractivity contribution in [3.63, 3.8) is 0 Å². The van der Waals surface area contributed by atoms with E-state index in [1.54, 1.807) is 29.4 Å². The Bertz CT molecular complexity index is 1500. The molecule has 0 saturated carbocycles. The molecule has 6 aromatic heterocycles. The van der Waals surface area contributed by atoms with Gasteiger partial charge < -0.3 is 9.13 Å². The molecule has 6 heterocycles. The van der Waals surface area contributed by atoms with Crippen molar-refractivity contribution in [1.82, 2.24) is 39.0 Å². The van der Waals surface area contributed by atoms with Crippen molar-refractivity contribution in [2.75, 3.05) is 0 Å². The predicted octanol–water partition coefficient (Wildman–Crippen LogP) is 2.36. The van der Waals surface area contributed by atoms with E-state index in [0.717, 1.165) is 38.6 Å². The molecule has 0 aliphatic carbocycles. The Kier molecular flexibility index (Phi) is 5.67. The van der Waals surface area contributed by atoms with E-state index in [4.69, 9.17) is 9.97 Å². The summed E-state index contributed by atoms with van der Waals surface area (Å²) in [5.41, 5.74) is 2.36. The molecular weight excluding hydrogens is 623 g/mol. The number of pyridine rings is 2. The van der Waals surface area contributed by atoms with Crippen molar-refractivity contribution in [3.8, 4) is 11.8 Å². The second kappa shape index (κ2) is 8.66. The topological polar surface area (TPSA) is 87.2 Å². The van der Waals surface area contributed by atoms with Gasteiger partial charge in [-0.1, -0.05) is 48.4 Å². The summed E-state index contributed by atoms with van der Waals surface area (Å²) in [6, 6.07) is 15.4. The smallest absolute Gasteiger partial charge is 0.414 e. The molecule has 168 valence electrons. The molecule has 8 nitrogen and oxygen atoms in total. The van der Waals surface area contributed by atoms with E-state index in [1.165, 1.54) is 0 Å². The van der Waals surface area contributed by atoms with Crippen LogP contribution in [-0.2, 0) is 21.1 Å². The van der Waals surface area contributed by atoms with Crippen LogP contribution in [0.5, 0.6) is 0 Å². The standard InChI is InChI=1S/C24H18N8Si.Pt/c1-33(2,20-8-14-27-23(30-20)32-16-10-18-6-4-12-26-22(18)32)24-28-13-7-19(29-24)31-15-9-17-5-3-11-25-21(17)31;/h3-14H,1-2H3;/q-2;+2. The molecule has 0 saturated heterocycles. The van der Waals surface area contributed by atoms with Crippen LogP contribution in [0.15, 0.2) is 73.3 Å². The summed E-state index contributed by atoms with van der Waals surface area (Å²) in [6.07, 6.45) is 13.5. The summed E-state index contributed by atoms with van der Waals surface area (Å²) < 4.78 is 3.65. The summed E-state index contributed by atoms with van der Waals surface area (Å²) in [5.74, 6) is 1.27. The number of nitrogens with zero attached hydrogens (tertiary/aromatic N) is 8. The number of hydrogen-bond donors (Lipinski definition) is 0. The van der Waals surface area contributed by atoms with Crippen LogP contribution in [0.1, 0.15) is 0 Å². The molecule has 0 fully saturated rings. The molecule has 6 aromatic rings. The molecule has 0 amide bonds. The number of fused-ring (bicyclic) bond motifs is 2. The van der Waals surface area contributed by atoms with Gasteiger partial charge in [-0.25, -0.2) is 4.98 Å². The van der Waals surface area contributed by atoms with Crippen LogP contribution in [0.25, 0.3) is 33.8 Å². The van der Waals surface area contributed by atoms with Gasteiger partial charge in [-0.15, -0.1) is 24.3 Å². The molecule has 0 unspecified atom stereocenters. The zero-order chi connectivity index (χ0) is 22.4. The monoisotopic (exact) mass is 641 g/mol. The molecule has 0 spiro atoms. The van der Waals surface area contributed by atoms with Crippen LogP contribution in [0.4, 0.5) is 0 Å². The van der Waals surface area contributed by atoms with Gasteiger partial charge in [0.2, 0.25) is 0 Å². The summed E-state index contributed by atoms with van der Waals surface area (Å²) in [6.45, 7) is 4.37. The molecule has 10 heteroatoms. The van der Waals surface area contributed by atoms with Gasteiger partial charge in [-0.05, 0) is 12.1 Å². The zero-order valence-electron chi connectivity index (χ0n) is 18.3. The van der Waals surface area contributed by atoms with Crippen molar-refractivity contribution < 1.29 is 21.1 Å². The molecule has 0 aromatic carbocycles. The minimum absolute atomic E-state index is 0. The van der Waals surface area contributed by atoms with E-state index in [-0.39, 0.29) is 21.1 Å². The minimum atomic E-state index is -2.35. The summed E-state index contributed by atoms with van der Waals surface area (Å²) in [4.78, 5) is 27.9. The fraction of sp³-hybridized carbons (Fsp3) is 0.0833. The fourth-order valence-corrected chi connectivity index (χ4v) is 5.72. The fourth-order valence-electron chi connectivity index (χ4n) is 3.83. The quantitative estimate of drug-likeness (QED) is 0.217. The van der Waals surface area contributed by atoms with Crippen LogP contribution in [-0.4, -0.2) is 47.1 Å². The third-order valence-corrected chi connectivity index (χ3v) is 8.59. The maximum absolute atomic E-state index is 4.91. The van der Waals surface area contributed by atoms with Gasteiger partial charge in [0.25, 0.3) is 0 Å². The normalized spacial score (nSPS) is 11.6. The Morgan fingerprint density at radius 2 is 1.35 bits per heavy atom.